The van der Waals surface area contributed by atoms with Gasteiger partial charge in [-0.25, -0.2) is 13.1 Å². The van der Waals surface area contributed by atoms with Crippen LogP contribution in [0.4, 0.5) is 0 Å². The van der Waals surface area contributed by atoms with Crippen LogP contribution in [-0.4, -0.2) is 73.1 Å². The Kier molecular flexibility index (Phi) is 9.31. The fraction of sp³-hybridized carbons (Fsp3) is 0.478. The van der Waals surface area contributed by atoms with Gasteiger partial charge in [0.1, 0.15) is 18.1 Å². The minimum absolute atomic E-state index is 0.110. The monoisotopic (exact) mass is 464 g/mol. The van der Waals surface area contributed by atoms with Crippen LogP contribution in [0.5, 0.6) is 11.5 Å². The quantitative estimate of drug-likeness (QED) is 0.483. The molecule has 32 heavy (non-hydrogen) atoms. The van der Waals surface area contributed by atoms with Gasteiger partial charge in [0.05, 0.1) is 31.8 Å². The fourth-order valence-electron chi connectivity index (χ4n) is 3.52. The van der Waals surface area contributed by atoms with E-state index in [1.807, 2.05) is 31.2 Å². The van der Waals surface area contributed by atoms with Crippen LogP contribution in [0, 0.1) is 0 Å². The SMILES string of the molecule is CCOCCOc1ccc(S(=O)(=O)NCC(c2ccc(OC)cc2)N2CCOCC2)cc1. The number of methoxy groups -OCH3 is 1. The van der Waals surface area contributed by atoms with Crippen molar-refractivity contribution in [2.45, 2.75) is 17.9 Å². The van der Waals surface area contributed by atoms with E-state index < -0.39 is 10.0 Å². The lowest BCUT2D eigenvalue weighted by Crippen LogP contribution is -2.43. The molecule has 9 heteroatoms. The Bertz CT molecular complexity index is 913. The second-order valence-electron chi connectivity index (χ2n) is 7.31. The number of rotatable bonds is 12. The molecule has 1 aliphatic rings. The molecule has 1 N–H and O–H groups in total. The van der Waals surface area contributed by atoms with Gasteiger partial charge in [-0.1, -0.05) is 12.1 Å². The third kappa shape index (κ3) is 6.91. The zero-order valence-electron chi connectivity index (χ0n) is 18.7. The molecule has 0 bridgehead atoms. The average molecular weight is 465 g/mol. The molecule has 1 atom stereocenters. The van der Waals surface area contributed by atoms with Gasteiger partial charge in [0, 0.05) is 32.3 Å². The summed E-state index contributed by atoms with van der Waals surface area (Å²) in [4.78, 5) is 2.44. The number of sulfonamides is 1. The molecule has 1 unspecified atom stereocenters. The largest absolute Gasteiger partial charge is 0.497 e. The molecular formula is C23H32N2O6S. The molecular weight excluding hydrogens is 432 g/mol. The molecule has 0 saturated carbocycles. The molecule has 1 saturated heterocycles. The third-order valence-electron chi connectivity index (χ3n) is 5.29. The van der Waals surface area contributed by atoms with Crippen molar-refractivity contribution in [2.24, 2.45) is 0 Å². The maximum absolute atomic E-state index is 12.9. The maximum Gasteiger partial charge on any atom is 0.240 e. The highest BCUT2D eigenvalue weighted by Gasteiger charge is 2.25. The van der Waals surface area contributed by atoms with E-state index in [1.165, 1.54) is 0 Å². The predicted octanol–water partition coefficient (Wildman–Crippen LogP) is 2.46. The molecule has 1 aliphatic heterocycles. The van der Waals surface area contributed by atoms with Gasteiger partial charge < -0.3 is 18.9 Å². The van der Waals surface area contributed by atoms with Crippen LogP contribution in [0.25, 0.3) is 0 Å². The molecule has 0 amide bonds. The first-order valence-electron chi connectivity index (χ1n) is 10.8. The van der Waals surface area contributed by atoms with E-state index in [1.54, 1.807) is 31.4 Å². The van der Waals surface area contributed by atoms with Crippen LogP contribution in [0.3, 0.4) is 0 Å². The minimum Gasteiger partial charge on any atom is -0.497 e. The zero-order chi connectivity index (χ0) is 22.8. The van der Waals surface area contributed by atoms with Crippen LogP contribution in [0.15, 0.2) is 53.4 Å². The smallest absolute Gasteiger partial charge is 0.240 e. The number of hydrogen-bond donors (Lipinski definition) is 1. The predicted molar refractivity (Wildman–Crippen MR) is 122 cm³/mol. The summed E-state index contributed by atoms with van der Waals surface area (Å²) in [6, 6.07) is 14.0. The number of morpholine rings is 1. The Balaban J connectivity index is 1.66. The summed E-state index contributed by atoms with van der Waals surface area (Å²) in [6.07, 6.45) is 0. The van der Waals surface area contributed by atoms with Crippen LogP contribution in [0.1, 0.15) is 18.5 Å². The van der Waals surface area contributed by atoms with Gasteiger partial charge in [-0.15, -0.1) is 0 Å². The Hall–Kier alpha value is -2.17. The second kappa shape index (κ2) is 12.2. The molecule has 1 heterocycles. The highest BCUT2D eigenvalue weighted by atomic mass is 32.2. The van der Waals surface area contributed by atoms with E-state index in [-0.39, 0.29) is 17.5 Å². The lowest BCUT2D eigenvalue weighted by Gasteiger charge is -2.35. The number of nitrogens with zero attached hydrogens (tertiary/aromatic N) is 1. The maximum atomic E-state index is 12.9. The van der Waals surface area contributed by atoms with Gasteiger partial charge in [-0.3, -0.25) is 4.90 Å². The van der Waals surface area contributed by atoms with Crippen molar-refractivity contribution in [2.75, 3.05) is 59.8 Å². The van der Waals surface area contributed by atoms with Crippen LogP contribution >= 0.6 is 0 Å². The first-order chi connectivity index (χ1) is 15.5. The molecule has 3 rings (SSSR count). The van der Waals surface area contributed by atoms with Gasteiger partial charge in [-0.05, 0) is 48.9 Å². The normalized spacial score (nSPS) is 15.9. The Morgan fingerprint density at radius 2 is 1.66 bits per heavy atom. The topological polar surface area (TPSA) is 86.3 Å². The van der Waals surface area contributed by atoms with Crippen molar-refractivity contribution in [1.82, 2.24) is 9.62 Å². The summed E-state index contributed by atoms with van der Waals surface area (Å²) < 4.78 is 50.1. The molecule has 176 valence electrons. The van der Waals surface area contributed by atoms with Gasteiger partial charge in [0.2, 0.25) is 10.0 Å². The van der Waals surface area contributed by atoms with Crippen molar-refractivity contribution >= 4 is 10.0 Å². The van der Waals surface area contributed by atoms with E-state index in [4.69, 9.17) is 18.9 Å². The van der Waals surface area contributed by atoms with Crippen LogP contribution in [0.2, 0.25) is 0 Å². The van der Waals surface area contributed by atoms with Gasteiger partial charge in [-0.2, -0.15) is 0 Å². The summed E-state index contributed by atoms with van der Waals surface area (Å²) >= 11 is 0. The van der Waals surface area contributed by atoms with E-state index in [0.717, 1.165) is 24.4 Å². The number of benzene rings is 2. The minimum atomic E-state index is -3.67. The molecule has 0 spiro atoms. The van der Waals surface area contributed by atoms with Crippen molar-refractivity contribution in [3.63, 3.8) is 0 Å². The Morgan fingerprint density at radius 3 is 2.28 bits per heavy atom. The van der Waals surface area contributed by atoms with Crippen molar-refractivity contribution in [1.29, 1.82) is 0 Å². The summed E-state index contributed by atoms with van der Waals surface area (Å²) in [7, 11) is -2.05. The molecule has 1 fully saturated rings. The van der Waals surface area contributed by atoms with Crippen molar-refractivity contribution in [3.05, 3.63) is 54.1 Å². The van der Waals surface area contributed by atoms with E-state index in [0.29, 0.717) is 38.8 Å². The number of nitrogens with one attached hydrogen (secondary N) is 1. The molecule has 2 aromatic rings. The molecule has 0 radical (unpaired) electrons. The molecule has 8 nitrogen and oxygen atoms in total. The standard InChI is InChI=1S/C23H32N2O6S/c1-3-29-16-17-31-21-8-10-22(11-9-21)32(26,27)24-18-23(25-12-14-30-15-13-25)19-4-6-20(28-2)7-5-19/h4-11,23-24H,3,12-18H2,1-2H3. The van der Waals surface area contributed by atoms with Gasteiger partial charge >= 0.3 is 0 Å². The van der Waals surface area contributed by atoms with Gasteiger partial charge in [0.15, 0.2) is 0 Å². The Morgan fingerprint density at radius 1 is 1.00 bits per heavy atom. The summed E-state index contributed by atoms with van der Waals surface area (Å²) in [6.45, 7) is 6.46. The molecule has 2 aromatic carbocycles. The van der Waals surface area contributed by atoms with Crippen molar-refractivity contribution < 1.29 is 27.4 Å². The third-order valence-corrected chi connectivity index (χ3v) is 6.73. The van der Waals surface area contributed by atoms with E-state index >= 15 is 0 Å². The number of hydrogen-bond acceptors (Lipinski definition) is 7. The molecule has 0 aromatic heterocycles. The average Bonchev–Trinajstić information content (AvgIpc) is 2.83. The first-order valence-corrected chi connectivity index (χ1v) is 12.3. The summed E-state index contributed by atoms with van der Waals surface area (Å²) in [5.41, 5.74) is 1.02. The fourth-order valence-corrected chi connectivity index (χ4v) is 4.56. The lowest BCUT2D eigenvalue weighted by atomic mass is 10.0. The first kappa shape index (κ1) is 24.5. The number of ether oxygens (including phenoxy) is 4. The van der Waals surface area contributed by atoms with E-state index in [9.17, 15) is 8.42 Å². The Labute approximate surface area is 190 Å². The lowest BCUT2D eigenvalue weighted by molar-refractivity contribution is 0.0172. The molecule has 0 aliphatic carbocycles. The van der Waals surface area contributed by atoms with E-state index in [2.05, 4.69) is 9.62 Å². The van der Waals surface area contributed by atoms with Crippen LogP contribution < -0.4 is 14.2 Å². The highest BCUT2D eigenvalue weighted by molar-refractivity contribution is 7.89. The highest BCUT2D eigenvalue weighted by Crippen LogP contribution is 2.24. The second-order valence-corrected chi connectivity index (χ2v) is 9.07. The summed E-state index contributed by atoms with van der Waals surface area (Å²) in [5.74, 6) is 1.37. The van der Waals surface area contributed by atoms with Crippen molar-refractivity contribution in [3.8, 4) is 11.5 Å². The summed E-state index contributed by atoms with van der Waals surface area (Å²) in [5, 5.41) is 0. The van der Waals surface area contributed by atoms with Crippen LogP contribution in [-0.2, 0) is 19.5 Å². The van der Waals surface area contributed by atoms with Gasteiger partial charge in [0.25, 0.3) is 0 Å². The zero-order valence-corrected chi connectivity index (χ0v) is 19.5.